The van der Waals surface area contributed by atoms with E-state index in [2.05, 4.69) is 0 Å². The number of imide groups is 1. The first-order chi connectivity index (χ1) is 26.6. The molecule has 2 aliphatic rings. The number of halogens is 1. The normalized spacial score (nSPS) is 15.7. The van der Waals surface area contributed by atoms with Crippen LogP contribution in [0.5, 0.6) is 0 Å². The van der Waals surface area contributed by atoms with Crippen LogP contribution in [-0.4, -0.2) is 42.2 Å². The number of benzene rings is 3. The molecule has 0 saturated carbocycles. The highest BCUT2D eigenvalue weighted by molar-refractivity contribution is 8.26. The van der Waals surface area contributed by atoms with E-state index < -0.39 is 17.1 Å². The van der Waals surface area contributed by atoms with E-state index in [-0.39, 0.29) is 28.7 Å². The lowest BCUT2D eigenvalue weighted by Crippen LogP contribution is -2.27. The minimum Gasteiger partial charge on any atom is -0.478 e. The fraction of sp³-hybridized carbons (Fsp3) is 0.0488. The van der Waals surface area contributed by atoms with Crippen molar-refractivity contribution < 1.29 is 41.9 Å². The number of carbonyl (C=O) groups is 4. The van der Waals surface area contributed by atoms with Gasteiger partial charge in [-0.3, -0.25) is 24.2 Å². The lowest BCUT2D eigenvalue weighted by atomic mass is 10.1. The summed E-state index contributed by atoms with van der Waals surface area (Å²) >= 11 is 7.40. The molecule has 6 aromatic rings. The number of hydrogen-bond acceptors (Lipinski definition) is 10. The molecule has 2 aliphatic heterocycles. The standard InChI is InChI=1S/C22H14FNO5S.C19H13NO3S2/c23-16-7-1-13(2-8-16)12-24-20(25)19(30-22(24)28)11-17-9-10-18(29-17)14-3-5-15(6-4-14)21(26)27;21-18-17(25-19(24)20(18)12-15-7-4-10-22-15)11-14-8-9-16(23-14)13-5-2-1-3-6-13/h1-11H,12H2,(H,26,27);1-11H,12H2/b19-11-;17-11-. The number of amides is 3. The lowest BCUT2D eigenvalue weighted by molar-refractivity contribution is -0.123. The first-order valence-corrected chi connectivity index (χ1v) is 18.5. The van der Waals surface area contributed by atoms with Gasteiger partial charge in [-0.1, -0.05) is 78.6 Å². The third-order valence-electron chi connectivity index (χ3n) is 8.17. The summed E-state index contributed by atoms with van der Waals surface area (Å²) in [5, 5.41) is 8.56. The maximum absolute atomic E-state index is 13.0. The van der Waals surface area contributed by atoms with Crippen LogP contribution in [-0.2, 0) is 22.7 Å². The number of aromatic carboxylic acids is 1. The Labute approximate surface area is 326 Å². The fourth-order valence-corrected chi connectivity index (χ4v) is 7.47. The van der Waals surface area contributed by atoms with Gasteiger partial charge in [0, 0.05) is 23.3 Å². The summed E-state index contributed by atoms with van der Waals surface area (Å²) in [6.45, 7) is 0.393. The maximum atomic E-state index is 13.0. The number of furan rings is 3. The van der Waals surface area contributed by atoms with E-state index in [0.717, 1.165) is 28.0 Å². The number of rotatable bonds is 9. The Morgan fingerprint density at radius 1 is 0.691 bits per heavy atom. The van der Waals surface area contributed by atoms with Gasteiger partial charge < -0.3 is 18.4 Å². The van der Waals surface area contributed by atoms with Gasteiger partial charge >= 0.3 is 5.97 Å². The molecule has 3 aromatic carbocycles. The van der Waals surface area contributed by atoms with Crippen LogP contribution in [0.1, 0.15) is 33.2 Å². The number of thiocarbonyl (C=S) groups is 1. The zero-order chi connectivity index (χ0) is 38.5. The van der Waals surface area contributed by atoms with Gasteiger partial charge in [0.25, 0.3) is 17.1 Å². The van der Waals surface area contributed by atoms with Crippen LogP contribution in [0.2, 0.25) is 0 Å². The molecule has 2 fully saturated rings. The Bertz CT molecular complexity index is 2450. The van der Waals surface area contributed by atoms with Gasteiger partial charge in [0.2, 0.25) is 0 Å². The highest BCUT2D eigenvalue weighted by Crippen LogP contribution is 2.36. The van der Waals surface area contributed by atoms with Crippen molar-refractivity contribution in [1.29, 1.82) is 0 Å². The number of hydrogen-bond donors (Lipinski definition) is 1. The van der Waals surface area contributed by atoms with E-state index >= 15 is 0 Å². The topological polar surface area (TPSA) is 134 Å². The third kappa shape index (κ3) is 8.78. The quantitative estimate of drug-likeness (QED) is 0.111. The summed E-state index contributed by atoms with van der Waals surface area (Å²) in [4.78, 5) is 51.8. The van der Waals surface area contributed by atoms with E-state index in [1.165, 1.54) is 59.1 Å². The molecule has 10 nitrogen and oxygen atoms in total. The minimum absolute atomic E-state index is 0.0572. The summed E-state index contributed by atoms with van der Waals surface area (Å²) in [7, 11) is 0. The number of thioether (sulfide) groups is 2. The van der Waals surface area contributed by atoms with Crippen molar-refractivity contribution in [2.45, 2.75) is 13.1 Å². The maximum Gasteiger partial charge on any atom is 0.335 e. The molecule has 0 bridgehead atoms. The molecule has 2 saturated heterocycles. The number of carbonyl (C=O) groups excluding carboxylic acids is 3. The van der Waals surface area contributed by atoms with Gasteiger partial charge in [0.1, 0.15) is 38.9 Å². The van der Waals surface area contributed by atoms with Gasteiger partial charge in [-0.2, -0.15) is 0 Å². The molecule has 0 atom stereocenters. The van der Waals surface area contributed by atoms with Crippen molar-refractivity contribution in [3.8, 4) is 22.6 Å². The minimum atomic E-state index is -1.02. The summed E-state index contributed by atoms with van der Waals surface area (Å²) in [6.07, 6.45) is 4.80. The van der Waals surface area contributed by atoms with Crippen molar-refractivity contribution in [3.05, 3.63) is 166 Å². The molecule has 0 spiro atoms. The highest BCUT2D eigenvalue weighted by atomic mass is 32.2. The molecule has 3 aromatic heterocycles. The monoisotopic (exact) mass is 790 g/mol. The van der Waals surface area contributed by atoms with Crippen LogP contribution in [0.25, 0.3) is 34.8 Å². The second-order valence-electron chi connectivity index (χ2n) is 11.9. The molecular weight excluding hydrogens is 764 g/mol. The summed E-state index contributed by atoms with van der Waals surface area (Å²) in [5.41, 5.74) is 2.49. The predicted octanol–water partition coefficient (Wildman–Crippen LogP) is 9.96. The number of carboxylic acid groups (broad SMARTS) is 1. The van der Waals surface area contributed by atoms with Gasteiger partial charge in [-0.25, -0.2) is 9.18 Å². The summed E-state index contributed by atoms with van der Waals surface area (Å²) in [6, 6.07) is 32.3. The fourth-order valence-electron chi connectivity index (χ4n) is 5.41. The lowest BCUT2D eigenvalue weighted by Gasteiger charge is -2.12. The largest absolute Gasteiger partial charge is 0.478 e. The molecule has 8 rings (SSSR count). The third-order valence-corrected chi connectivity index (χ3v) is 10.5. The van der Waals surface area contributed by atoms with Crippen molar-refractivity contribution >= 4 is 75.2 Å². The van der Waals surface area contributed by atoms with Crippen LogP contribution >= 0.6 is 35.7 Å². The molecule has 14 heteroatoms. The van der Waals surface area contributed by atoms with Crippen LogP contribution in [0.15, 0.2) is 145 Å². The van der Waals surface area contributed by atoms with Gasteiger partial charge in [0.05, 0.1) is 34.7 Å². The predicted molar refractivity (Wildman–Crippen MR) is 211 cm³/mol. The molecular formula is C41H27FN2O8S3. The molecule has 5 heterocycles. The van der Waals surface area contributed by atoms with Gasteiger partial charge in [-0.15, -0.1) is 0 Å². The smallest absolute Gasteiger partial charge is 0.335 e. The van der Waals surface area contributed by atoms with Crippen LogP contribution in [0.4, 0.5) is 9.18 Å². The first kappa shape index (κ1) is 37.1. The van der Waals surface area contributed by atoms with Crippen molar-refractivity contribution in [3.63, 3.8) is 0 Å². The summed E-state index contributed by atoms with van der Waals surface area (Å²) in [5.74, 6) is 0.986. The average Bonchev–Trinajstić information content (AvgIpc) is 4.05. The molecule has 3 amide bonds. The molecule has 0 aliphatic carbocycles. The van der Waals surface area contributed by atoms with Crippen LogP contribution in [0, 0.1) is 5.82 Å². The van der Waals surface area contributed by atoms with E-state index in [1.54, 1.807) is 42.7 Å². The highest BCUT2D eigenvalue weighted by Gasteiger charge is 2.35. The molecule has 0 radical (unpaired) electrons. The Balaban J connectivity index is 0.000000172. The van der Waals surface area contributed by atoms with Gasteiger partial charge in [0.15, 0.2) is 0 Å². The van der Waals surface area contributed by atoms with Crippen molar-refractivity contribution in [2.24, 2.45) is 0 Å². The van der Waals surface area contributed by atoms with Crippen LogP contribution in [0.3, 0.4) is 0 Å². The Morgan fingerprint density at radius 2 is 1.29 bits per heavy atom. The van der Waals surface area contributed by atoms with Crippen LogP contribution < -0.4 is 0 Å². The molecule has 55 heavy (non-hydrogen) atoms. The zero-order valence-corrected chi connectivity index (χ0v) is 30.9. The summed E-state index contributed by atoms with van der Waals surface area (Å²) < 4.78 is 30.4. The molecule has 1 N–H and O–H groups in total. The van der Waals surface area contributed by atoms with Crippen molar-refractivity contribution in [1.82, 2.24) is 9.80 Å². The Morgan fingerprint density at radius 3 is 1.89 bits per heavy atom. The Kier molecular flexibility index (Phi) is 11.1. The second-order valence-corrected chi connectivity index (χ2v) is 14.6. The zero-order valence-electron chi connectivity index (χ0n) is 28.4. The average molecular weight is 791 g/mol. The first-order valence-electron chi connectivity index (χ1n) is 16.5. The van der Waals surface area contributed by atoms with Crippen molar-refractivity contribution in [2.75, 3.05) is 0 Å². The Hall–Kier alpha value is -6.22. The van der Waals surface area contributed by atoms with E-state index in [0.29, 0.717) is 49.9 Å². The SMILES string of the molecule is O=C(O)c1ccc(-c2ccc(/C=C3\SC(=O)N(Cc4ccc(F)cc4)C3=O)o2)cc1.O=C1/C(=C/c2ccc(-c3ccccc3)o2)SC(=S)N1Cc1ccco1. The molecule has 0 unspecified atom stereocenters. The number of carboxylic acids is 1. The molecule has 274 valence electrons. The number of nitrogens with zero attached hydrogens (tertiary/aromatic N) is 2. The second kappa shape index (κ2) is 16.4. The van der Waals surface area contributed by atoms with E-state index in [1.807, 2.05) is 48.5 Å². The van der Waals surface area contributed by atoms with Gasteiger partial charge in [-0.05, 0) is 78.0 Å². The van der Waals surface area contributed by atoms with E-state index in [9.17, 15) is 23.6 Å². The van der Waals surface area contributed by atoms with E-state index in [4.69, 9.17) is 30.6 Å².